The number of hydrogen-bond acceptors (Lipinski definition) is 3. The maximum Gasteiger partial charge on any atom is 0.255 e. The van der Waals surface area contributed by atoms with Gasteiger partial charge < -0.3 is 16.0 Å². The number of piperidine rings is 1. The summed E-state index contributed by atoms with van der Waals surface area (Å²) in [4.78, 5) is 26.5. The van der Waals surface area contributed by atoms with Crippen LogP contribution in [0.3, 0.4) is 0 Å². The summed E-state index contributed by atoms with van der Waals surface area (Å²) in [6.07, 6.45) is 1.48. The van der Waals surface area contributed by atoms with Crippen LogP contribution < -0.4 is 16.0 Å². The highest BCUT2D eigenvalue weighted by molar-refractivity contribution is 6.07. The molecule has 0 spiro atoms. The molecule has 142 valence electrons. The van der Waals surface area contributed by atoms with Crippen LogP contribution in [0.25, 0.3) is 10.8 Å². The van der Waals surface area contributed by atoms with Gasteiger partial charge in [-0.1, -0.05) is 42.5 Å². The number of anilines is 2. The predicted molar refractivity (Wildman–Crippen MR) is 112 cm³/mol. The average molecular weight is 373 g/mol. The van der Waals surface area contributed by atoms with Gasteiger partial charge in [-0.2, -0.15) is 0 Å². The topological polar surface area (TPSA) is 75.4 Å². The Balaban J connectivity index is 1.53. The predicted octanol–water partition coefficient (Wildman–Crippen LogP) is 3.79. The van der Waals surface area contributed by atoms with Crippen molar-refractivity contribution >= 4 is 34.0 Å². The maximum atomic E-state index is 12.8. The number of nitrogens with two attached hydrogens (primary N) is 1. The number of primary amides is 1. The van der Waals surface area contributed by atoms with E-state index in [4.69, 9.17) is 5.73 Å². The van der Waals surface area contributed by atoms with Gasteiger partial charge in [-0.3, -0.25) is 9.59 Å². The van der Waals surface area contributed by atoms with E-state index in [1.54, 1.807) is 0 Å². The van der Waals surface area contributed by atoms with E-state index in [0.29, 0.717) is 5.56 Å². The molecule has 1 fully saturated rings. The fourth-order valence-electron chi connectivity index (χ4n) is 3.79. The molecule has 5 heteroatoms. The largest absolute Gasteiger partial charge is 0.370 e. The molecule has 0 bridgehead atoms. The van der Waals surface area contributed by atoms with E-state index in [0.717, 1.165) is 48.1 Å². The molecule has 1 aliphatic heterocycles. The minimum absolute atomic E-state index is 0.0596. The molecule has 0 aliphatic carbocycles. The van der Waals surface area contributed by atoms with Crippen molar-refractivity contribution in [3.63, 3.8) is 0 Å². The Morgan fingerprint density at radius 1 is 0.893 bits per heavy atom. The number of rotatable bonds is 4. The van der Waals surface area contributed by atoms with Crippen LogP contribution in [0.1, 0.15) is 23.2 Å². The van der Waals surface area contributed by atoms with Crippen LogP contribution in [0, 0.1) is 5.92 Å². The third kappa shape index (κ3) is 3.69. The van der Waals surface area contributed by atoms with Gasteiger partial charge in [-0.15, -0.1) is 0 Å². The number of para-hydroxylation sites is 2. The van der Waals surface area contributed by atoms with Crippen LogP contribution in [0.2, 0.25) is 0 Å². The zero-order valence-corrected chi connectivity index (χ0v) is 15.6. The fraction of sp³-hybridized carbons (Fsp3) is 0.217. The number of nitrogens with one attached hydrogen (secondary N) is 1. The summed E-state index contributed by atoms with van der Waals surface area (Å²) in [6, 6.07) is 21.5. The summed E-state index contributed by atoms with van der Waals surface area (Å²) in [6.45, 7) is 1.49. The van der Waals surface area contributed by atoms with Gasteiger partial charge in [0.2, 0.25) is 5.91 Å². The number of fused-ring (bicyclic) bond motifs is 1. The molecule has 0 unspecified atom stereocenters. The molecule has 0 radical (unpaired) electrons. The lowest BCUT2D eigenvalue weighted by molar-refractivity contribution is -0.122. The second-order valence-electron chi connectivity index (χ2n) is 7.20. The Kier molecular flexibility index (Phi) is 4.98. The molecule has 28 heavy (non-hydrogen) atoms. The molecule has 0 aromatic heterocycles. The van der Waals surface area contributed by atoms with Gasteiger partial charge in [0.25, 0.3) is 5.91 Å². The van der Waals surface area contributed by atoms with Crippen LogP contribution >= 0.6 is 0 Å². The zero-order valence-electron chi connectivity index (χ0n) is 15.6. The summed E-state index contributed by atoms with van der Waals surface area (Å²) in [5, 5.41) is 5.20. The highest BCUT2D eigenvalue weighted by atomic mass is 16.2. The van der Waals surface area contributed by atoms with Gasteiger partial charge in [0, 0.05) is 24.6 Å². The van der Waals surface area contributed by atoms with Crippen molar-refractivity contribution in [2.45, 2.75) is 12.8 Å². The zero-order chi connectivity index (χ0) is 19.5. The van der Waals surface area contributed by atoms with E-state index >= 15 is 0 Å². The highest BCUT2D eigenvalue weighted by Gasteiger charge is 2.24. The smallest absolute Gasteiger partial charge is 0.255 e. The van der Waals surface area contributed by atoms with Crippen LogP contribution in [0.5, 0.6) is 0 Å². The first kappa shape index (κ1) is 18.0. The minimum atomic E-state index is -0.224. The van der Waals surface area contributed by atoms with Crippen molar-refractivity contribution < 1.29 is 9.59 Å². The van der Waals surface area contributed by atoms with E-state index in [1.165, 1.54) is 0 Å². The molecular weight excluding hydrogens is 350 g/mol. The summed E-state index contributed by atoms with van der Waals surface area (Å²) in [5.74, 6) is -0.418. The third-order valence-corrected chi connectivity index (χ3v) is 5.40. The molecule has 4 rings (SSSR count). The molecule has 3 aromatic carbocycles. The average Bonchev–Trinajstić information content (AvgIpc) is 2.74. The molecule has 1 saturated heterocycles. The second-order valence-corrected chi connectivity index (χ2v) is 7.20. The Bertz CT molecular complexity index is 1020. The van der Waals surface area contributed by atoms with Gasteiger partial charge in [0.15, 0.2) is 0 Å². The summed E-state index contributed by atoms with van der Waals surface area (Å²) < 4.78 is 0. The second kappa shape index (κ2) is 7.72. The Morgan fingerprint density at radius 2 is 1.57 bits per heavy atom. The summed E-state index contributed by atoms with van der Waals surface area (Å²) in [7, 11) is 0. The van der Waals surface area contributed by atoms with Gasteiger partial charge in [-0.25, -0.2) is 0 Å². The maximum absolute atomic E-state index is 12.8. The van der Waals surface area contributed by atoms with E-state index < -0.39 is 0 Å². The van der Waals surface area contributed by atoms with Crippen molar-refractivity contribution in [2.75, 3.05) is 23.3 Å². The van der Waals surface area contributed by atoms with Crippen LogP contribution in [0.15, 0.2) is 66.7 Å². The lowest BCUT2D eigenvalue weighted by Crippen LogP contribution is -2.38. The number of amides is 2. The van der Waals surface area contributed by atoms with Gasteiger partial charge >= 0.3 is 0 Å². The normalized spacial score (nSPS) is 14.8. The number of nitrogens with zero attached hydrogens (tertiary/aromatic N) is 1. The number of benzene rings is 3. The standard InChI is InChI=1S/C23H23N3O2/c24-22(27)17-11-13-26(14-12-17)21-8-4-3-7-20(21)25-23(28)19-10-9-16-5-1-2-6-18(16)15-19/h1-10,15,17H,11-14H2,(H2,24,27)(H,25,28). The Hall–Kier alpha value is -3.34. The van der Waals surface area contributed by atoms with E-state index in [1.807, 2.05) is 66.7 Å². The first-order valence-electron chi connectivity index (χ1n) is 9.55. The van der Waals surface area contributed by atoms with E-state index in [9.17, 15) is 9.59 Å². The fourth-order valence-corrected chi connectivity index (χ4v) is 3.79. The number of hydrogen-bond donors (Lipinski definition) is 2. The van der Waals surface area contributed by atoms with Gasteiger partial charge in [0.05, 0.1) is 11.4 Å². The minimum Gasteiger partial charge on any atom is -0.370 e. The number of carbonyl (C=O) groups is 2. The van der Waals surface area contributed by atoms with Crippen molar-refractivity contribution in [1.82, 2.24) is 0 Å². The molecule has 3 aromatic rings. The van der Waals surface area contributed by atoms with Gasteiger partial charge in [0.1, 0.15) is 0 Å². The third-order valence-electron chi connectivity index (χ3n) is 5.40. The van der Waals surface area contributed by atoms with E-state index in [-0.39, 0.29) is 17.7 Å². The molecule has 2 amide bonds. The highest BCUT2D eigenvalue weighted by Crippen LogP contribution is 2.30. The molecule has 0 atom stereocenters. The molecule has 5 nitrogen and oxygen atoms in total. The monoisotopic (exact) mass is 373 g/mol. The molecule has 1 heterocycles. The summed E-state index contributed by atoms with van der Waals surface area (Å²) >= 11 is 0. The summed E-state index contributed by atoms with van der Waals surface area (Å²) in [5.41, 5.74) is 7.81. The van der Waals surface area contributed by atoms with Crippen LogP contribution in [-0.2, 0) is 4.79 Å². The lowest BCUT2D eigenvalue weighted by atomic mass is 9.96. The van der Waals surface area contributed by atoms with Crippen LogP contribution in [-0.4, -0.2) is 24.9 Å². The van der Waals surface area contributed by atoms with Gasteiger partial charge in [-0.05, 0) is 47.9 Å². The Labute approximate surface area is 164 Å². The van der Waals surface area contributed by atoms with E-state index in [2.05, 4.69) is 10.2 Å². The number of carbonyl (C=O) groups excluding carboxylic acids is 2. The van der Waals surface area contributed by atoms with Crippen molar-refractivity contribution in [2.24, 2.45) is 11.7 Å². The molecule has 3 N–H and O–H groups in total. The molecule has 0 saturated carbocycles. The quantitative estimate of drug-likeness (QED) is 0.730. The molecular formula is C23H23N3O2. The SMILES string of the molecule is NC(=O)C1CCN(c2ccccc2NC(=O)c2ccc3ccccc3c2)CC1. The molecule has 1 aliphatic rings. The first-order chi connectivity index (χ1) is 13.6. The van der Waals surface area contributed by atoms with Crippen molar-refractivity contribution in [3.05, 3.63) is 72.3 Å². The lowest BCUT2D eigenvalue weighted by Gasteiger charge is -2.33. The first-order valence-corrected chi connectivity index (χ1v) is 9.55. The van der Waals surface area contributed by atoms with Crippen molar-refractivity contribution in [3.8, 4) is 0 Å². The Morgan fingerprint density at radius 3 is 2.32 bits per heavy atom. The van der Waals surface area contributed by atoms with Crippen LogP contribution in [0.4, 0.5) is 11.4 Å². The van der Waals surface area contributed by atoms with Crippen molar-refractivity contribution in [1.29, 1.82) is 0 Å².